The Kier molecular flexibility index (Phi) is 5.09. The van der Waals surface area contributed by atoms with Crippen LogP contribution in [0.5, 0.6) is 0 Å². The molecule has 7 nitrogen and oxygen atoms in total. The number of carbonyl (C=O) groups excluding carboxylic acids is 1. The highest BCUT2D eigenvalue weighted by Gasteiger charge is 2.24. The third-order valence-corrected chi connectivity index (χ3v) is 4.94. The first-order chi connectivity index (χ1) is 13.3. The largest absolute Gasteiger partial charge is 0.325 e. The SMILES string of the molecule is O=C(Nc1cccnc1)N1CCC(Cc2nncn2-c2ccccc2)CC1. The van der Waals surface area contributed by atoms with E-state index in [0.29, 0.717) is 5.92 Å². The molecule has 0 aliphatic carbocycles. The zero-order valence-corrected chi connectivity index (χ0v) is 15.0. The van der Waals surface area contributed by atoms with Gasteiger partial charge in [-0.3, -0.25) is 9.55 Å². The fourth-order valence-corrected chi connectivity index (χ4v) is 3.44. The van der Waals surface area contributed by atoms with Crippen molar-refractivity contribution in [2.24, 2.45) is 5.92 Å². The van der Waals surface area contributed by atoms with Gasteiger partial charge in [-0.25, -0.2) is 4.79 Å². The number of nitrogens with zero attached hydrogens (tertiary/aromatic N) is 5. The number of pyridine rings is 1. The Morgan fingerprint density at radius 3 is 2.67 bits per heavy atom. The molecule has 2 amide bonds. The number of likely N-dealkylation sites (tertiary alicyclic amines) is 1. The number of carbonyl (C=O) groups is 1. The highest BCUT2D eigenvalue weighted by molar-refractivity contribution is 5.89. The monoisotopic (exact) mass is 362 g/mol. The number of benzene rings is 1. The van der Waals surface area contributed by atoms with Gasteiger partial charge in [-0.1, -0.05) is 18.2 Å². The molecule has 0 atom stereocenters. The maximum atomic E-state index is 12.4. The van der Waals surface area contributed by atoms with Gasteiger partial charge in [0, 0.05) is 31.4 Å². The summed E-state index contributed by atoms with van der Waals surface area (Å²) in [4.78, 5) is 18.3. The van der Waals surface area contributed by atoms with E-state index in [1.54, 1.807) is 18.7 Å². The third-order valence-electron chi connectivity index (χ3n) is 4.94. The molecule has 2 aromatic heterocycles. The van der Waals surface area contributed by atoms with E-state index in [9.17, 15) is 4.79 Å². The molecule has 1 N–H and O–H groups in total. The van der Waals surface area contributed by atoms with E-state index in [4.69, 9.17) is 0 Å². The van der Waals surface area contributed by atoms with Crippen LogP contribution in [-0.2, 0) is 6.42 Å². The van der Waals surface area contributed by atoms with Gasteiger partial charge >= 0.3 is 6.03 Å². The molecule has 138 valence electrons. The standard InChI is InChI=1S/C20H22N6O/c27-20(23-17-5-4-10-21-14-17)25-11-8-16(9-12-25)13-19-24-22-15-26(19)18-6-2-1-3-7-18/h1-7,10,14-16H,8-9,11-13H2,(H,23,27). The second kappa shape index (κ2) is 7.99. The van der Waals surface area contributed by atoms with Gasteiger partial charge < -0.3 is 10.2 Å². The first-order valence-electron chi connectivity index (χ1n) is 9.20. The fraction of sp³-hybridized carbons (Fsp3) is 0.300. The highest BCUT2D eigenvalue weighted by atomic mass is 16.2. The average Bonchev–Trinajstić information content (AvgIpc) is 3.18. The van der Waals surface area contributed by atoms with E-state index >= 15 is 0 Å². The molecule has 0 unspecified atom stereocenters. The van der Waals surface area contributed by atoms with Crippen LogP contribution in [0, 0.1) is 5.92 Å². The van der Waals surface area contributed by atoms with Crippen LogP contribution >= 0.6 is 0 Å². The Hall–Kier alpha value is -3.22. The Morgan fingerprint density at radius 1 is 1.11 bits per heavy atom. The first-order valence-corrected chi connectivity index (χ1v) is 9.20. The van der Waals surface area contributed by atoms with Crippen molar-refractivity contribution in [3.63, 3.8) is 0 Å². The molecule has 7 heteroatoms. The second-order valence-electron chi connectivity index (χ2n) is 6.76. The number of aromatic nitrogens is 4. The molecule has 0 bridgehead atoms. The van der Waals surface area contributed by atoms with Crippen LogP contribution in [0.1, 0.15) is 18.7 Å². The van der Waals surface area contributed by atoms with E-state index in [1.807, 2.05) is 39.8 Å². The highest BCUT2D eigenvalue weighted by Crippen LogP contribution is 2.22. The molecule has 0 spiro atoms. The lowest BCUT2D eigenvalue weighted by Gasteiger charge is -2.31. The van der Waals surface area contributed by atoms with Crippen LogP contribution in [0.4, 0.5) is 10.5 Å². The zero-order valence-electron chi connectivity index (χ0n) is 15.0. The molecule has 3 aromatic rings. The van der Waals surface area contributed by atoms with Gasteiger partial charge in [0.2, 0.25) is 0 Å². The fourth-order valence-electron chi connectivity index (χ4n) is 3.44. The van der Waals surface area contributed by atoms with Crippen molar-refractivity contribution in [1.29, 1.82) is 0 Å². The van der Waals surface area contributed by atoms with E-state index in [1.165, 1.54) is 0 Å². The van der Waals surface area contributed by atoms with Gasteiger partial charge in [0.15, 0.2) is 0 Å². The number of hydrogen-bond acceptors (Lipinski definition) is 4. The maximum absolute atomic E-state index is 12.4. The van der Waals surface area contributed by atoms with Crippen molar-refractivity contribution < 1.29 is 4.79 Å². The van der Waals surface area contributed by atoms with Crippen LogP contribution in [0.25, 0.3) is 5.69 Å². The summed E-state index contributed by atoms with van der Waals surface area (Å²) in [5, 5.41) is 11.3. The zero-order chi connectivity index (χ0) is 18.5. The minimum absolute atomic E-state index is 0.0612. The van der Waals surface area contributed by atoms with Crippen molar-refractivity contribution in [3.05, 3.63) is 67.0 Å². The minimum Gasteiger partial charge on any atom is -0.325 e. The number of piperidine rings is 1. The lowest BCUT2D eigenvalue weighted by atomic mass is 9.93. The third kappa shape index (κ3) is 4.13. The van der Waals surface area contributed by atoms with Crippen molar-refractivity contribution in [2.75, 3.05) is 18.4 Å². The summed E-state index contributed by atoms with van der Waals surface area (Å²) in [5.74, 6) is 1.47. The average molecular weight is 362 g/mol. The summed E-state index contributed by atoms with van der Waals surface area (Å²) in [6, 6.07) is 13.7. The van der Waals surface area contributed by atoms with E-state index < -0.39 is 0 Å². The molecule has 0 saturated carbocycles. The number of hydrogen-bond donors (Lipinski definition) is 1. The van der Waals surface area contributed by atoms with Crippen molar-refractivity contribution in [2.45, 2.75) is 19.3 Å². The van der Waals surface area contributed by atoms with Gasteiger partial charge in [-0.15, -0.1) is 10.2 Å². The molecule has 1 aromatic carbocycles. The lowest BCUT2D eigenvalue weighted by Crippen LogP contribution is -2.41. The molecule has 1 saturated heterocycles. The number of para-hydroxylation sites is 1. The molecule has 27 heavy (non-hydrogen) atoms. The minimum atomic E-state index is -0.0612. The van der Waals surface area contributed by atoms with Gasteiger partial charge in [0.25, 0.3) is 0 Å². The van der Waals surface area contributed by atoms with Crippen LogP contribution < -0.4 is 5.32 Å². The summed E-state index contributed by atoms with van der Waals surface area (Å²) in [5.41, 5.74) is 1.80. The summed E-state index contributed by atoms with van der Waals surface area (Å²) >= 11 is 0. The summed E-state index contributed by atoms with van der Waals surface area (Å²) in [7, 11) is 0. The van der Waals surface area contributed by atoms with Crippen LogP contribution in [0.3, 0.4) is 0 Å². The van der Waals surface area contributed by atoms with Crippen LogP contribution in [-0.4, -0.2) is 43.8 Å². The van der Waals surface area contributed by atoms with Crippen molar-refractivity contribution >= 4 is 11.7 Å². The number of nitrogens with one attached hydrogen (secondary N) is 1. The maximum Gasteiger partial charge on any atom is 0.321 e. The van der Waals surface area contributed by atoms with Crippen molar-refractivity contribution in [3.8, 4) is 5.69 Å². The Morgan fingerprint density at radius 2 is 1.93 bits per heavy atom. The van der Waals surface area contributed by atoms with Crippen molar-refractivity contribution in [1.82, 2.24) is 24.6 Å². The normalized spacial score (nSPS) is 14.9. The Bertz CT molecular complexity index is 872. The predicted octanol–water partition coefficient (Wildman–Crippen LogP) is 3.15. The van der Waals surface area contributed by atoms with E-state index in [0.717, 1.165) is 49.6 Å². The second-order valence-corrected chi connectivity index (χ2v) is 6.76. The number of anilines is 1. The van der Waals surface area contributed by atoms with Crippen LogP contribution in [0.15, 0.2) is 61.2 Å². The number of amides is 2. The molecule has 4 rings (SSSR count). The molecule has 0 radical (unpaired) electrons. The summed E-state index contributed by atoms with van der Waals surface area (Å²) in [6.07, 6.45) is 7.90. The quantitative estimate of drug-likeness (QED) is 0.773. The molecule has 1 aliphatic heterocycles. The van der Waals surface area contributed by atoms with E-state index in [2.05, 4.69) is 32.6 Å². The molecule has 1 aliphatic rings. The molecule has 3 heterocycles. The molecule has 1 fully saturated rings. The summed E-state index contributed by atoms with van der Waals surface area (Å²) < 4.78 is 2.04. The lowest BCUT2D eigenvalue weighted by molar-refractivity contribution is 0.182. The number of urea groups is 1. The number of rotatable bonds is 4. The Labute approximate surface area is 158 Å². The van der Waals surface area contributed by atoms with E-state index in [-0.39, 0.29) is 6.03 Å². The smallest absolute Gasteiger partial charge is 0.321 e. The van der Waals surface area contributed by atoms with Gasteiger partial charge in [0.05, 0.1) is 11.9 Å². The Balaban J connectivity index is 1.33. The first kappa shape index (κ1) is 17.2. The topological polar surface area (TPSA) is 75.9 Å². The summed E-state index contributed by atoms with van der Waals surface area (Å²) in [6.45, 7) is 1.49. The molecular weight excluding hydrogens is 340 g/mol. The predicted molar refractivity (Wildman–Crippen MR) is 103 cm³/mol. The van der Waals surface area contributed by atoms with Gasteiger partial charge in [-0.05, 0) is 43.0 Å². The van der Waals surface area contributed by atoms with Crippen LogP contribution in [0.2, 0.25) is 0 Å². The van der Waals surface area contributed by atoms with Gasteiger partial charge in [0.1, 0.15) is 12.2 Å². The molecular formula is C20H22N6O. The van der Waals surface area contributed by atoms with Gasteiger partial charge in [-0.2, -0.15) is 0 Å².